The van der Waals surface area contributed by atoms with Crippen LogP contribution in [-0.4, -0.2) is 33.8 Å². The van der Waals surface area contributed by atoms with Crippen LogP contribution in [0.15, 0.2) is 18.3 Å². The highest BCUT2D eigenvalue weighted by Gasteiger charge is 2.23. The third kappa shape index (κ3) is 6.92. The molecule has 0 saturated heterocycles. The Bertz CT molecular complexity index is 509. The van der Waals surface area contributed by atoms with Gasteiger partial charge in [-0.2, -0.15) is 0 Å². The predicted octanol–water partition coefficient (Wildman–Crippen LogP) is 1.96. The third-order valence-corrected chi connectivity index (χ3v) is 2.76. The summed E-state index contributed by atoms with van der Waals surface area (Å²) in [7, 11) is 0. The Hall–Kier alpha value is -2.31. The highest BCUT2D eigenvalue weighted by molar-refractivity contribution is 5.79. The van der Waals surface area contributed by atoms with Crippen molar-refractivity contribution in [3.05, 3.63) is 24.0 Å². The van der Waals surface area contributed by atoms with E-state index in [1.165, 1.54) is 0 Å². The highest BCUT2D eigenvalue weighted by Crippen LogP contribution is 2.09. The van der Waals surface area contributed by atoms with Crippen molar-refractivity contribution in [2.45, 2.75) is 51.7 Å². The van der Waals surface area contributed by atoms with Crippen molar-refractivity contribution < 1.29 is 19.4 Å². The highest BCUT2D eigenvalue weighted by atomic mass is 16.6. The molecule has 0 bridgehead atoms. The molecule has 1 rings (SSSR count). The predicted molar refractivity (Wildman–Crippen MR) is 82.4 cm³/mol. The molecule has 22 heavy (non-hydrogen) atoms. The van der Waals surface area contributed by atoms with Gasteiger partial charge in [0.05, 0.1) is 11.9 Å². The second-order valence-corrected chi connectivity index (χ2v) is 6.01. The van der Waals surface area contributed by atoms with Crippen LogP contribution in [0.3, 0.4) is 0 Å². The molecule has 0 spiro atoms. The molecule has 0 aliphatic rings. The Morgan fingerprint density at radius 2 is 2.09 bits per heavy atom. The van der Waals surface area contributed by atoms with Crippen molar-refractivity contribution in [2.75, 3.05) is 5.73 Å². The van der Waals surface area contributed by atoms with Gasteiger partial charge in [-0.15, -0.1) is 0 Å². The summed E-state index contributed by atoms with van der Waals surface area (Å²) in [5, 5.41) is 11.5. The first kappa shape index (κ1) is 17.7. The molecule has 1 aromatic rings. The second-order valence-electron chi connectivity index (χ2n) is 6.01. The van der Waals surface area contributed by atoms with E-state index in [0.717, 1.165) is 5.69 Å². The SMILES string of the molecule is CC(C)(C)OC(=O)NC(CCCc1ccc(N)cn1)C(=O)O. The van der Waals surface area contributed by atoms with Crippen molar-refractivity contribution in [3.63, 3.8) is 0 Å². The van der Waals surface area contributed by atoms with E-state index in [0.29, 0.717) is 24.9 Å². The summed E-state index contributed by atoms with van der Waals surface area (Å²) >= 11 is 0. The van der Waals surface area contributed by atoms with Gasteiger partial charge in [0, 0.05) is 5.69 Å². The van der Waals surface area contributed by atoms with Gasteiger partial charge in [-0.05, 0) is 52.2 Å². The number of anilines is 1. The lowest BCUT2D eigenvalue weighted by Crippen LogP contribution is -2.43. The number of carboxylic acid groups (broad SMARTS) is 1. The van der Waals surface area contributed by atoms with Gasteiger partial charge in [0.2, 0.25) is 0 Å². The summed E-state index contributed by atoms with van der Waals surface area (Å²) in [6, 6.07) is 2.56. The van der Waals surface area contributed by atoms with Gasteiger partial charge in [0.25, 0.3) is 0 Å². The Balaban J connectivity index is 2.46. The van der Waals surface area contributed by atoms with Crippen LogP contribution in [0.2, 0.25) is 0 Å². The maximum Gasteiger partial charge on any atom is 0.408 e. The third-order valence-electron chi connectivity index (χ3n) is 2.76. The number of aliphatic carboxylic acids is 1. The number of rotatable bonds is 6. The molecule has 0 fully saturated rings. The normalized spacial score (nSPS) is 12.5. The quantitative estimate of drug-likeness (QED) is 0.740. The fourth-order valence-electron chi connectivity index (χ4n) is 1.78. The van der Waals surface area contributed by atoms with Crippen LogP contribution in [-0.2, 0) is 16.0 Å². The van der Waals surface area contributed by atoms with Crippen LogP contribution in [0.25, 0.3) is 0 Å². The van der Waals surface area contributed by atoms with E-state index in [4.69, 9.17) is 15.6 Å². The molecule has 1 amide bonds. The van der Waals surface area contributed by atoms with E-state index in [9.17, 15) is 9.59 Å². The Morgan fingerprint density at radius 3 is 2.59 bits per heavy atom. The van der Waals surface area contributed by atoms with Crippen LogP contribution in [0.4, 0.5) is 10.5 Å². The summed E-state index contributed by atoms with van der Waals surface area (Å²) in [5.74, 6) is -1.09. The summed E-state index contributed by atoms with van der Waals surface area (Å²) in [5.41, 5.74) is 6.29. The Morgan fingerprint density at radius 1 is 1.41 bits per heavy atom. The molecule has 1 unspecified atom stereocenters. The van der Waals surface area contributed by atoms with Gasteiger partial charge in [-0.3, -0.25) is 4.98 Å². The number of aryl methyl sites for hydroxylation is 1. The van der Waals surface area contributed by atoms with Crippen molar-refractivity contribution >= 4 is 17.7 Å². The number of nitrogens with one attached hydrogen (secondary N) is 1. The molecule has 0 radical (unpaired) electrons. The average Bonchev–Trinajstić information content (AvgIpc) is 2.37. The summed E-state index contributed by atoms with van der Waals surface area (Å²) < 4.78 is 5.06. The number of alkyl carbamates (subject to hydrolysis) is 1. The number of nitrogens with two attached hydrogens (primary N) is 1. The number of pyridine rings is 1. The van der Waals surface area contributed by atoms with Crippen LogP contribution in [0.5, 0.6) is 0 Å². The summed E-state index contributed by atoms with van der Waals surface area (Å²) in [6.45, 7) is 5.15. The number of aromatic nitrogens is 1. The van der Waals surface area contributed by atoms with Gasteiger partial charge in [-0.1, -0.05) is 0 Å². The van der Waals surface area contributed by atoms with Crippen molar-refractivity contribution in [3.8, 4) is 0 Å². The zero-order chi connectivity index (χ0) is 16.8. The molecule has 1 heterocycles. The zero-order valence-electron chi connectivity index (χ0n) is 13.1. The first-order chi connectivity index (χ1) is 10.2. The number of hydrogen-bond acceptors (Lipinski definition) is 5. The molecular formula is C15H23N3O4. The van der Waals surface area contributed by atoms with E-state index in [1.807, 2.05) is 0 Å². The van der Waals surface area contributed by atoms with E-state index < -0.39 is 23.7 Å². The molecule has 122 valence electrons. The fraction of sp³-hybridized carbons (Fsp3) is 0.533. The molecule has 7 nitrogen and oxygen atoms in total. The lowest BCUT2D eigenvalue weighted by atomic mass is 10.1. The smallest absolute Gasteiger partial charge is 0.408 e. The van der Waals surface area contributed by atoms with E-state index >= 15 is 0 Å². The van der Waals surface area contributed by atoms with E-state index in [1.54, 1.807) is 39.1 Å². The first-order valence-electron chi connectivity index (χ1n) is 7.10. The standard InChI is InChI=1S/C15H23N3O4/c1-15(2,3)22-14(21)18-12(13(19)20)6-4-5-11-8-7-10(16)9-17-11/h7-9,12H,4-6,16H2,1-3H3,(H,18,21)(H,19,20). The number of carbonyl (C=O) groups excluding carboxylic acids is 1. The maximum absolute atomic E-state index is 11.6. The lowest BCUT2D eigenvalue weighted by molar-refractivity contribution is -0.139. The van der Waals surface area contributed by atoms with Gasteiger partial charge in [0.15, 0.2) is 0 Å². The lowest BCUT2D eigenvalue weighted by Gasteiger charge is -2.22. The Labute approximate surface area is 129 Å². The molecule has 1 atom stereocenters. The molecule has 0 aromatic carbocycles. The number of amides is 1. The van der Waals surface area contributed by atoms with Crippen molar-refractivity contribution in [1.29, 1.82) is 0 Å². The van der Waals surface area contributed by atoms with Crippen LogP contribution >= 0.6 is 0 Å². The van der Waals surface area contributed by atoms with Crippen LogP contribution in [0.1, 0.15) is 39.3 Å². The van der Waals surface area contributed by atoms with E-state index in [2.05, 4.69) is 10.3 Å². The monoisotopic (exact) mass is 309 g/mol. The average molecular weight is 309 g/mol. The molecule has 0 aliphatic carbocycles. The van der Waals surface area contributed by atoms with Crippen molar-refractivity contribution in [1.82, 2.24) is 10.3 Å². The summed E-state index contributed by atoms with van der Waals surface area (Å²) in [4.78, 5) is 27.0. The number of nitrogen functional groups attached to an aromatic ring is 1. The first-order valence-corrected chi connectivity index (χ1v) is 7.10. The zero-order valence-corrected chi connectivity index (χ0v) is 13.1. The second kappa shape index (κ2) is 7.63. The van der Waals surface area contributed by atoms with E-state index in [-0.39, 0.29) is 0 Å². The largest absolute Gasteiger partial charge is 0.480 e. The molecule has 1 aromatic heterocycles. The fourth-order valence-corrected chi connectivity index (χ4v) is 1.78. The summed E-state index contributed by atoms with van der Waals surface area (Å²) in [6.07, 6.45) is 2.30. The molecule has 7 heteroatoms. The van der Waals surface area contributed by atoms with Gasteiger partial charge >= 0.3 is 12.1 Å². The maximum atomic E-state index is 11.6. The number of carbonyl (C=O) groups is 2. The van der Waals surface area contributed by atoms with Gasteiger partial charge in [0.1, 0.15) is 11.6 Å². The number of hydrogen-bond donors (Lipinski definition) is 3. The minimum absolute atomic E-state index is 0.292. The molecule has 4 N–H and O–H groups in total. The number of carboxylic acids is 1. The minimum Gasteiger partial charge on any atom is -0.480 e. The number of ether oxygens (including phenoxy) is 1. The molecule has 0 aliphatic heterocycles. The topological polar surface area (TPSA) is 115 Å². The van der Waals surface area contributed by atoms with Crippen molar-refractivity contribution in [2.24, 2.45) is 0 Å². The molecule has 0 saturated carbocycles. The Kier molecular flexibility index (Phi) is 6.15. The van der Waals surface area contributed by atoms with Crippen LogP contribution in [0, 0.1) is 0 Å². The van der Waals surface area contributed by atoms with Gasteiger partial charge < -0.3 is 20.9 Å². The minimum atomic E-state index is -1.09. The van der Waals surface area contributed by atoms with Gasteiger partial charge in [-0.25, -0.2) is 9.59 Å². The molecular weight excluding hydrogens is 286 g/mol. The number of nitrogens with zero attached hydrogens (tertiary/aromatic N) is 1. The van der Waals surface area contributed by atoms with Crippen LogP contribution < -0.4 is 11.1 Å².